The molecule has 0 saturated carbocycles. The molecule has 0 aromatic heterocycles. The maximum atomic E-state index is 10.4. The van der Waals surface area contributed by atoms with E-state index in [4.69, 9.17) is 11.1 Å². The van der Waals surface area contributed by atoms with E-state index < -0.39 is 6.03 Å². The number of nitrogens with zero attached hydrogens (tertiary/aromatic N) is 1. The van der Waals surface area contributed by atoms with Gasteiger partial charge in [-0.05, 0) is 12.8 Å². The van der Waals surface area contributed by atoms with E-state index in [1.807, 2.05) is 4.90 Å². The molecule has 0 bridgehead atoms. The number of likely N-dealkylation sites (tertiary alicyclic amines) is 1. The zero-order valence-corrected chi connectivity index (χ0v) is 7.68. The second-order valence-electron chi connectivity index (χ2n) is 3.18. The van der Waals surface area contributed by atoms with Gasteiger partial charge in [0, 0.05) is 26.1 Å². The Balaban J connectivity index is 2.19. The molecule has 1 saturated heterocycles. The van der Waals surface area contributed by atoms with E-state index in [0.717, 1.165) is 25.8 Å². The summed E-state index contributed by atoms with van der Waals surface area (Å²) in [7, 11) is 0. The lowest BCUT2D eigenvalue weighted by molar-refractivity contribution is 0.247. The highest BCUT2D eigenvalue weighted by Gasteiger charge is 2.13. The fourth-order valence-corrected chi connectivity index (χ4v) is 1.45. The van der Waals surface area contributed by atoms with Gasteiger partial charge >= 0.3 is 6.03 Å². The fraction of sp³-hybridized carbons (Fsp3) is 0.750. The number of urea groups is 1. The maximum Gasteiger partial charge on any atom is 0.312 e. The summed E-state index contributed by atoms with van der Waals surface area (Å²) in [6.45, 7) is 2.15. The van der Waals surface area contributed by atoms with Crippen LogP contribution < -0.4 is 11.1 Å². The van der Waals surface area contributed by atoms with Crippen LogP contribution in [0.15, 0.2) is 0 Å². The molecule has 0 aromatic rings. The van der Waals surface area contributed by atoms with Crippen molar-refractivity contribution in [2.75, 3.05) is 19.6 Å². The van der Waals surface area contributed by atoms with Crippen LogP contribution in [0.3, 0.4) is 0 Å². The summed E-state index contributed by atoms with van der Waals surface area (Å²) in [4.78, 5) is 12.3. The molecule has 4 N–H and O–H groups in total. The fourth-order valence-electron chi connectivity index (χ4n) is 1.45. The van der Waals surface area contributed by atoms with Gasteiger partial charge in [-0.3, -0.25) is 5.41 Å². The zero-order chi connectivity index (χ0) is 9.68. The number of amides is 2. The highest BCUT2D eigenvalue weighted by Crippen LogP contribution is 2.09. The van der Waals surface area contributed by atoms with Crippen molar-refractivity contribution in [1.29, 1.82) is 5.41 Å². The van der Waals surface area contributed by atoms with Crippen molar-refractivity contribution in [1.82, 2.24) is 10.2 Å². The van der Waals surface area contributed by atoms with Crippen molar-refractivity contribution in [3.05, 3.63) is 0 Å². The lowest BCUT2D eigenvalue weighted by Gasteiger charge is -2.29. The second kappa shape index (κ2) is 4.69. The Morgan fingerprint density at radius 3 is 3.00 bits per heavy atom. The van der Waals surface area contributed by atoms with Gasteiger partial charge in [0.1, 0.15) is 0 Å². The van der Waals surface area contributed by atoms with Crippen LogP contribution >= 0.6 is 0 Å². The third-order valence-electron chi connectivity index (χ3n) is 2.15. The largest absolute Gasteiger partial charge is 0.359 e. The molecule has 0 aromatic carbocycles. The van der Waals surface area contributed by atoms with Gasteiger partial charge in [0.2, 0.25) is 0 Å². The number of hydrogen-bond acceptors (Lipinski definition) is 2. The van der Waals surface area contributed by atoms with Gasteiger partial charge in [-0.15, -0.1) is 0 Å². The summed E-state index contributed by atoms with van der Waals surface area (Å²) in [5, 5.41) is 10.1. The highest BCUT2D eigenvalue weighted by atomic mass is 16.2. The Kier molecular flexibility index (Phi) is 3.54. The number of primary amides is 1. The number of amidine groups is 1. The zero-order valence-electron chi connectivity index (χ0n) is 7.68. The first-order chi connectivity index (χ1) is 6.20. The average molecular weight is 184 g/mol. The van der Waals surface area contributed by atoms with Crippen molar-refractivity contribution in [2.24, 2.45) is 5.73 Å². The van der Waals surface area contributed by atoms with Crippen molar-refractivity contribution < 1.29 is 4.79 Å². The third kappa shape index (κ3) is 3.31. The summed E-state index contributed by atoms with van der Waals surface area (Å²) in [5.74, 6) is 0.678. The minimum absolute atomic E-state index is 0.497. The minimum Gasteiger partial charge on any atom is -0.359 e. The number of carbonyl (C=O) groups is 1. The Morgan fingerprint density at radius 1 is 1.62 bits per heavy atom. The Hall–Kier alpha value is -1.26. The van der Waals surface area contributed by atoms with Crippen molar-refractivity contribution >= 4 is 11.9 Å². The van der Waals surface area contributed by atoms with Crippen molar-refractivity contribution in [3.63, 3.8) is 0 Å². The maximum absolute atomic E-state index is 10.4. The molecule has 0 unspecified atom stereocenters. The van der Waals surface area contributed by atoms with E-state index in [9.17, 15) is 4.79 Å². The standard InChI is InChI=1S/C8H16N4O/c9-7-3-1-2-5-12(7)6-4-11-8(10)13/h9H,1-6H2,(H3,10,11,13). The molecule has 1 aliphatic rings. The number of carbonyl (C=O) groups excluding carboxylic acids is 1. The molecule has 5 nitrogen and oxygen atoms in total. The van der Waals surface area contributed by atoms with Crippen LogP contribution in [-0.4, -0.2) is 36.4 Å². The minimum atomic E-state index is -0.497. The summed E-state index contributed by atoms with van der Waals surface area (Å²) in [5.41, 5.74) is 4.92. The molecule has 0 atom stereocenters. The lowest BCUT2D eigenvalue weighted by atomic mass is 10.1. The molecular weight excluding hydrogens is 168 g/mol. The van der Waals surface area contributed by atoms with Gasteiger partial charge in [-0.25, -0.2) is 4.79 Å². The molecule has 13 heavy (non-hydrogen) atoms. The topological polar surface area (TPSA) is 82.2 Å². The van der Waals surface area contributed by atoms with Crippen LogP contribution in [0.4, 0.5) is 4.79 Å². The van der Waals surface area contributed by atoms with Crippen LogP contribution in [0.25, 0.3) is 0 Å². The average Bonchev–Trinajstić information content (AvgIpc) is 2.08. The Morgan fingerprint density at radius 2 is 2.38 bits per heavy atom. The summed E-state index contributed by atoms with van der Waals surface area (Å²) < 4.78 is 0. The molecule has 5 heteroatoms. The number of piperidine rings is 1. The van der Waals surface area contributed by atoms with Gasteiger partial charge in [-0.1, -0.05) is 0 Å². The summed E-state index contributed by atoms with van der Waals surface area (Å²) in [6, 6.07) is -0.497. The monoisotopic (exact) mass is 184 g/mol. The molecule has 1 heterocycles. The smallest absolute Gasteiger partial charge is 0.312 e. The van der Waals surface area contributed by atoms with Gasteiger partial charge in [0.25, 0.3) is 0 Å². The molecule has 0 aliphatic carbocycles. The Labute approximate surface area is 77.8 Å². The third-order valence-corrected chi connectivity index (χ3v) is 2.15. The van der Waals surface area contributed by atoms with Gasteiger partial charge in [0.15, 0.2) is 0 Å². The predicted molar refractivity (Wildman–Crippen MR) is 50.7 cm³/mol. The van der Waals surface area contributed by atoms with Crippen LogP contribution in [0.5, 0.6) is 0 Å². The van der Waals surface area contributed by atoms with E-state index in [1.54, 1.807) is 0 Å². The molecule has 1 rings (SSSR count). The quantitative estimate of drug-likeness (QED) is 0.582. The first-order valence-electron chi connectivity index (χ1n) is 4.56. The van der Waals surface area contributed by atoms with Gasteiger partial charge in [-0.2, -0.15) is 0 Å². The summed E-state index contributed by atoms with van der Waals surface area (Å²) in [6.07, 6.45) is 3.11. The molecule has 1 aliphatic heterocycles. The first-order valence-corrected chi connectivity index (χ1v) is 4.56. The molecule has 74 valence electrons. The van der Waals surface area contributed by atoms with Gasteiger partial charge in [0.05, 0.1) is 5.84 Å². The number of nitrogens with one attached hydrogen (secondary N) is 2. The molecule has 0 radical (unpaired) electrons. The lowest BCUT2D eigenvalue weighted by Crippen LogP contribution is -2.41. The number of hydrogen-bond donors (Lipinski definition) is 3. The molecule has 0 spiro atoms. The van der Waals surface area contributed by atoms with Crippen LogP contribution in [0.2, 0.25) is 0 Å². The number of rotatable bonds is 3. The normalized spacial score (nSPS) is 17.2. The number of nitrogens with two attached hydrogens (primary N) is 1. The van der Waals surface area contributed by atoms with Crippen LogP contribution in [0.1, 0.15) is 19.3 Å². The van der Waals surface area contributed by atoms with Crippen molar-refractivity contribution in [3.8, 4) is 0 Å². The van der Waals surface area contributed by atoms with E-state index >= 15 is 0 Å². The molecule has 1 fully saturated rings. The van der Waals surface area contributed by atoms with Crippen LogP contribution in [-0.2, 0) is 0 Å². The van der Waals surface area contributed by atoms with E-state index in [2.05, 4.69) is 5.32 Å². The Bertz CT molecular complexity index is 204. The highest BCUT2D eigenvalue weighted by molar-refractivity contribution is 5.79. The SMILES string of the molecule is N=C1CCCCN1CCNC(N)=O. The van der Waals surface area contributed by atoms with E-state index in [-0.39, 0.29) is 0 Å². The van der Waals surface area contributed by atoms with E-state index in [1.165, 1.54) is 0 Å². The molecule has 2 amide bonds. The predicted octanol–water partition coefficient (Wildman–Crippen LogP) is 0.118. The van der Waals surface area contributed by atoms with E-state index in [0.29, 0.717) is 18.9 Å². The van der Waals surface area contributed by atoms with Gasteiger partial charge < -0.3 is 16.0 Å². The van der Waals surface area contributed by atoms with Crippen LogP contribution in [0, 0.1) is 5.41 Å². The summed E-state index contributed by atoms with van der Waals surface area (Å²) >= 11 is 0. The van der Waals surface area contributed by atoms with Crippen molar-refractivity contribution in [2.45, 2.75) is 19.3 Å². The second-order valence-corrected chi connectivity index (χ2v) is 3.18. The molecular formula is C8H16N4O. The first kappa shape index (κ1) is 9.83.